The minimum Gasteiger partial charge on any atom is -0.316 e. The maximum absolute atomic E-state index is 4.81. The molecule has 1 fully saturated rings. The Labute approximate surface area is 112 Å². The minimum absolute atomic E-state index is 0.621. The second kappa shape index (κ2) is 4.82. The Hall–Kier alpha value is -1.19. The number of nitrogens with zero attached hydrogens (tertiary/aromatic N) is 1. The lowest BCUT2D eigenvalue weighted by Gasteiger charge is -2.04. The van der Waals surface area contributed by atoms with Gasteiger partial charge in [0.25, 0.3) is 0 Å². The Kier molecular flexibility index (Phi) is 3.18. The number of rotatable bonds is 2. The van der Waals surface area contributed by atoms with Crippen molar-refractivity contribution >= 4 is 11.3 Å². The standard InChI is InChI=1S/C15H18N2S/c1-10-3-4-12(7-11(10)2)14-9-18-15(17-14)13-5-6-16-8-13/h3-4,7,9,13,16H,5-6,8H2,1-2H3. The van der Waals surface area contributed by atoms with Gasteiger partial charge in [0.2, 0.25) is 0 Å². The van der Waals surface area contributed by atoms with Crippen molar-refractivity contribution in [3.05, 3.63) is 39.7 Å². The Morgan fingerprint density at radius 2 is 2.17 bits per heavy atom. The molecule has 0 radical (unpaired) electrons. The van der Waals surface area contributed by atoms with E-state index in [-0.39, 0.29) is 0 Å². The molecule has 1 aliphatic heterocycles. The van der Waals surface area contributed by atoms with Gasteiger partial charge < -0.3 is 5.32 Å². The highest BCUT2D eigenvalue weighted by Gasteiger charge is 2.20. The highest BCUT2D eigenvalue weighted by atomic mass is 32.1. The van der Waals surface area contributed by atoms with E-state index in [1.807, 2.05) is 0 Å². The van der Waals surface area contributed by atoms with E-state index in [0.29, 0.717) is 5.92 Å². The molecule has 0 amide bonds. The van der Waals surface area contributed by atoms with Crippen LogP contribution in [0.25, 0.3) is 11.3 Å². The largest absolute Gasteiger partial charge is 0.316 e. The van der Waals surface area contributed by atoms with Crippen LogP contribution in [0.2, 0.25) is 0 Å². The van der Waals surface area contributed by atoms with Crippen molar-refractivity contribution in [2.45, 2.75) is 26.2 Å². The molecule has 18 heavy (non-hydrogen) atoms. The van der Waals surface area contributed by atoms with E-state index < -0.39 is 0 Å². The molecule has 3 heteroatoms. The van der Waals surface area contributed by atoms with E-state index in [1.165, 1.54) is 28.1 Å². The van der Waals surface area contributed by atoms with Gasteiger partial charge in [-0.2, -0.15) is 0 Å². The van der Waals surface area contributed by atoms with E-state index >= 15 is 0 Å². The zero-order valence-electron chi connectivity index (χ0n) is 10.9. The van der Waals surface area contributed by atoms with Crippen molar-refractivity contribution in [2.75, 3.05) is 13.1 Å². The summed E-state index contributed by atoms with van der Waals surface area (Å²) in [5, 5.41) is 6.88. The third-order valence-electron chi connectivity index (χ3n) is 3.73. The summed E-state index contributed by atoms with van der Waals surface area (Å²) in [6.45, 7) is 6.52. The molecule has 1 aromatic carbocycles. The van der Waals surface area contributed by atoms with Gasteiger partial charge >= 0.3 is 0 Å². The summed E-state index contributed by atoms with van der Waals surface area (Å²) < 4.78 is 0. The highest BCUT2D eigenvalue weighted by Crippen LogP contribution is 2.30. The number of thiazole rings is 1. The number of benzene rings is 1. The molecule has 94 valence electrons. The SMILES string of the molecule is Cc1ccc(-c2csc(C3CCNC3)n2)cc1C. The van der Waals surface area contributed by atoms with Gasteiger partial charge in [-0.3, -0.25) is 0 Å². The lowest BCUT2D eigenvalue weighted by atomic mass is 10.0. The first kappa shape index (κ1) is 11.9. The summed E-state index contributed by atoms with van der Waals surface area (Å²) >= 11 is 1.80. The predicted octanol–water partition coefficient (Wildman–Crippen LogP) is 3.50. The Bertz CT molecular complexity index is 553. The number of aryl methyl sites for hydroxylation is 2. The zero-order valence-corrected chi connectivity index (χ0v) is 11.7. The topological polar surface area (TPSA) is 24.9 Å². The number of aromatic nitrogens is 1. The molecule has 2 heterocycles. The molecular weight excluding hydrogens is 240 g/mol. The summed E-state index contributed by atoms with van der Waals surface area (Å²) in [6, 6.07) is 6.59. The summed E-state index contributed by atoms with van der Waals surface area (Å²) in [7, 11) is 0. The average molecular weight is 258 g/mol. The van der Waals surface area contributed by atoms with Crippen LogP contribution >= 0.6 is 11.3 Å². The van der Waals surface area contributed by atoms with Crippen LogP contribution in [0.15, 0.2) is 23.6 Å². The number of hydrogen-bond donors (Lipinski definition) is 1. The van der Waals surface area contributed by atoms with E-state index in [9.17, 15) is 0 Å². The minimum atomic E-state index is 0.621. The molecule has 0 saturated carbocycles. The monoisotopic (exact) mass is 258 g/mol. The lowest BCUT2D eigenvalue weighted by molar-refractivity contribution is 0.756. The van der Waals surface area contributed by atoms with Crippen molar-refractivity contribution in [3.8, 4) is 11.3 Å². The van der Waals surface area contributed by atoms with Crippen molar-refractivity contribution < 1.29 is 0 Å². The molecule has 1 aliphatic rings. The fraction of sp³-hybridized carbons (Fsp3) is 0.400. The maximum atomic E-state index is 4.81. The fourth-order valence-corrected chi connectivity index (χ4v) is 3.34. The van der Waals surface area contributed by atoms with Gasteiger partial charge in [0.15, 0.2) is 0 Å². The molecule has 3 rings (SSSR count). The molecule has 0 aliphatic carbocycles. The lowest BCUT2D eigenvalue weighted by Crippen LogP contribution is -2.07. The third kappa shape index (κ3) is 2.20. The quantitative estimate of drug-likeness (QED) is 0.891. The van der Waals surface area contributed by atoms with E-state index in [4.69, 9.17) is 4.98 Å². The third-order valence-corrected chi connectivity index (χ3v) is 4.74. The molecule has 2 nitrogen and oxygen atoms in total. The maximum Gasteiger partial charge on any atom is 0.0976 e. The van der Waals surface area contributed by atoms with Crippen LogP contribution in [0, 0.1) is 13.8 Å². The van der Waals surface area contributed by atoms with Gasteiger partial charge in [-0.15, -0.1) is 11.3 Å². The van der Waals surface area contributed by atoms with Gasteiger partial charge in [0, 0.05) is 23.4 Å². The van der Waals surface area contributed by atoms with E-state index in [1.54, 1.807) is 11.3 Å². The second-order valence-corrected chi connectivity index (χ2v) is 5.95. The van der Waals surface area contributed by atoms with Crippen molar-refractivity contribution in [2.24, 2.45) is 0 Å². The van der Waals surface area contributed by atoms with Crippen LogP contribution < -0.4 is 5.32 Å². The summed E-state index contributed by atoms with van der Waals surface area (Å²) in [6.07, 6.45) is 1.22. The van der Waals surface area contributed by atoms with Crippen LogP contribution in [0.4, 0.5) is 0 Å². The van der Waals surface area contributed by atoms with Gasteiger partial charge in [0.05, 0.1) is 10.7 Å². The normalized spacial score (nSPS) is 19.3. The van der Waals surface area contributed by atoms with Crippen LogP contribution in [-0.4, -0.2) is 18.1 Å². The van der Waals surface area contributed by atoms with Crippen LogP contribution in [0.3, 0.4) is 0 Å². The first-order chi connectivity index (χ1) is 8.74. The Morgan fingerprint density at radius 3 is 2.89 bits per heavy atom. The molecule has 0 spiro atoms. The van der Waals surface area contributed by atoms with E-state index in [0.717, 1.165) is 18.8 Å². The molecule has 0 bridgehead atoms. The molecule has 1 saturated heterocycles. The highest BCUT2D eigenvalue weighted by molar-refractivity contribution is 7.10. The smallest absolute Gasteiger partial charge is 0.0976 e. The number of nitrogens with one attached hydrogen (secondary N) is 1. The van der Waals surface area contributed by atoms with Crippen molar-refractivity contribution in [1.82, 2.24) is 10.3 Å². The van der Waals surface area contributed by atoms with Gasteiger partial charge in [0.1, 0.15) is 0 Å². The van der Waals surface area contributed by atoms with Gasteiger partial charge in [-0.05, 0) is 44.0 Å². The number of hydrogen-bond acceptors (Lipinski definition) is 3. The van der Waals surface area contributed by atoms with Gasteiger partial charge in [-0.1, -0.05) is 12.1 Å². The summed E-state index contributed by atoms with van der Waals surface area (Å²) in [4.78, 5) is 4.81. The summed E-state index contributed by atoms with van der Waals surface area (Å²) in [5.74, 6) is 0.621. The van der Waals surface area contributed by atoms with Gasteiger partial charge in [-0.25, -0.2) is 4.98 Å². The first-order valence-electron chi connectivity index (χ1n) is 6.48. The molecule has 1 atom stereocenters. The van der Waals surface area contributed by atoms with Crippen LogP contribution in [0.5, 0.6) is 0 Å². The fourth-order valence-electron chi connectivity index (χ4n) is 2.37. The Morgan fingerprint density at radius 1 is 1.28 bits per heavy atom. The van der Waals surface area contributed by atoms with Crippen molar-refractivity contribution in [1.29, 1.82) is 0 Å². The first-order valence-corrected chi connectivity index (χ1v) is 7.36. The van der Waals surface area contributed by atoms with Crippen molar-refractivity contribution in [3.63, 3.8) is 0 Å². The molecule has 1 aromatic heterocycles. The second-order valence-electron chi connectivity index (χ2n) is 5.06. The Balaban J connectivity index is 1.89. The molecule has 1 unspecified atom stereocenters. The summed E-state index contributed by atoms with van der Waals surface area (Å²) in [5.41, 5.74) is 5.05. The van der Waals surface area contributed by atoms with Crippen LogP contribution in [-0.2, 0) is 0 Å². The predicted molar refractivity (Wildman–Crippen MR) is 77.3 cm³/mol. The average Bonchev–Trinajstić information content (AvgIpc) is 3.01. The zero-order chi connectivity index (χ0) is 12.5. The molecular formula is C15H18N2S. The molecule has 2 aromatic rings. The van der Waals surface area contributed by atoms with Crippen LogP contribution in [0.1, 0.15) is 28.5 Å². The molecule has 1 N–H and O–H groups in total. The van der Waals surface area contributed by atoms with E-state index in [2.05, 4.69) is 42.7 Å².